The Morgan fingerprint density at radius 3 is 2.44 bits per heavy atom. The lowest BCUT2D eigenvalue weighted by Gasteiger charge is -2.14. The molecule has 27 heavy (non-hydrogen) atoms. The molecule has 0 aliphatic rings. The standard InChI is InChI=1S/C21H20N4O2/c1-23-14-16(22-15-23)8-7-13-24-19-12-6-5-11-18(19)20(26)25(21(24)27)17-9-3-2-4-10-17/h2-6,9-12,14-15H,7-8,13H2,1H3. The number of aryl methyl sites for hydroxylation is 3. The molecule has 0 bridgehead atoms. The molecule has 0 radical (unpaired) electrons. The first-order valence-corrected chi connectivity index (χ1v) is 8.92. The van der Waals surface area contributed by atoms with Gasteiger partial charge < -0.3 is 4.57 Å². The zero-order valence-electron chi connectivity index (χ0n) is 15.1. The molecule has 0 aliphatic heterocycles. The first kappa shape index (κ1) is 17.0. The molecule has 0 atom stereocenters. The Bertz CT molecular complexity index is 1200. The molecule has 6 heteroatoms. The zero-order valence-corrected chi connectivity index (χ0v) is 15.1. The monoisotopic (exact) mass is 360 g/mol. The molecular formula is C21H20N4O2. The van der Waals surface area contributed by atoms with E-state index in [-0.39, 0.29) is 11.2 Å². The van der Waals surface area contributed by atoms with Gasteiger partial charge in [0.05, 0.1) is 28.6 Å². The van der Waals surface area contributed by atoms with Gasteiger partial charge in [-0.15, -0.1) is 0 Å². The van der Waals surface area contributed by atoms with Crippen molar-refractivity contribution in [1.82, 2.24) is 18.7 Å². The van der Waals surface area contributed by atoms with E-state index in [0.717, 1.165) is 18.5 Å². The molecule has 0 saturated carbocycles. The fourth-order valence-corrected chi connectivity index (χ4v) is 3.36. The molecule has 136 valence electrons. The van der Waals surface area contributed by atoms with Gasteiger partial charge in [0.2, 0.25) is 0 Å². The summed E-state index contributed by atoms with van der Waals surface area (Å²) in [6.07, 6.45) is 5.28. The maximum Gasteiger partial charge on any atom is 0.336 e. The van der Waals surface area contributed by atoms with E-state index in [4.69, 9.17) is 0 Å². The fourth-order valence-electron chi connectivity index (χ4n) is 3.36. The van der Waals surface area contributed by atoms with Crippen LogP contribution in [0.3, 0.4) is 0 Å². The van der Waals surface area contributed by atoms with Gasteiger partial charge in [0, 0.05) is 19.8 Å². The molecule has 2 aromatic heterocycles. The van der Waals surface area contributed by atoms with Crippen molar-refractivity contribution in [3.05, 3.63) is 93.7 Å². The van der Waals surface area contributed by atoms with E-state index in [2.05, 4.69) is 4.98 Å². The zero-order chi connectivity index (χ0) is 18.8. The quantitative estimate of drug-likeness (QED) is 0.549. The Hall–Kier alpha value is -3.41. The van der Waals surface area contributed by atoms with Crippen LogP contribution < -0.4 is 11.2 Å². The summed E-state index contributed by atoms with van der Waals surface area (Å²) in [5.74, 6) is 0. The average molecular weight is 360 g/mol. The first-order chi connectivity index (χ1) is 13.1. The van der Waals surface area contributed by atoms with E-state index >= 15 is 0 Å². The lowest BCUT2D eigenvalue weighted by atomic mass is 10.2. The normalized spacial score (nSPS) is 11.1. The summed E-state index contributed by atoms with van der Waals surface area (Å²) in [5, 5.41) is 0.541. The third kappa shape index (κ3) is 3.21. The van der Waals surface area contributed by atoms with Crippen LogP contribution in [-0.2, 0) is 20.0 Å². The smallest absolute Gasteiger partial charge is 0.336 e. The minimum Gasteiger partial charge on any atom is -0.340 e. The molecule has 0 aliphatic carbocycles. The molecule has 4 aromatic rings. The number of imidazole rings is 1. The highest BCUT2D eigenvalue weighted by Gasteiger charge is 2.14. The van der Waals surface area contributed by atoms with Crippen molar-refractivity contribution in [2.24, 2.45) is 7.05 Å². The molecular weight excluding hydrogens is 340 g/mol. The number of benzene rings is 2. The van der Waals surface area contributed by atoms with Crippen molar-refractivity contribution in [1.29, 1.82) is 0 Å². The second-order valence-electron chi connectivity index (χ2n) is 6.56. The van der Waals surface area contributed by atoms with Gasteiger partial charge in [0.25, 0.3) is 5.56 Å². The van der Waals surface area contributed by atoms with Gasteiger partial charge >= 0.3 is 5.69 Å². The summed E-state index contributed by atoms with van der Waals surface area (Å²) in [7, 11) is 1.93. The van der Waals surface area contributed by atoms with Gasteiger partial charge in [0.15, 0.2) is 0 Å². The second kappa shape index (κ2) is 7.07. The largest absolute Gasteiger partial charge is 0.340 e. The number of fused-ring (bicyclic) bond motifs is 1. The van der Waals surface area contributed by atoms with Crippen LogP contribution in [0, 0.1) is 0 Å². The van der Waals surface area contributed by atoms with Gasteiger partial charge in [-0.1, -0.05) is 30.3 Å². The topological polar surface area (TPSA) is 61.8 Å². The molecule has 2 aromatic carbocycles. The number of nitrogens with zero attached hydrogens (tertiary/aromatic N) is 4. The maximum atomic E-state index is 13.2. The van der Waals surface area contributed by atoms with Crippen molar-refractivity contribution in [2.45, 2.75) is 19.4 Å². The van der Waals surface area contributed by atoms with Crippen molar-refractivity contribution < 1.29 is 0 Å². The van der Waals surface area contributed by atoms with Crippen molar-refractivity contribution >= 4 is 10.9 Å². The summed E-state index contributed by atoms with van der Waals surface area (Å²) in [5.41, 5.74) is 1.64. The highest BCUT2D eigenvalue weighted by atomic mass is 16.2. The second-order valence-corrected chi connectivity index (χ2v) is 6.56. The lowest BCUT2D eigenvalue weighted by Crippen LogP contribution is -2.39. The Morgan fingerprint density at radius 2 is 1.70 bits per heavy atom. The Balaban J connectivity index is 1.79. The van der Waals surface area contributed by atoms with Gasteiger partial charge in [0.1, 0.15) is 0 Å². The van der Waals surface area contributed by atoms with Crippen LogP contribution in [-0.4, -0.2) is 18.7 Å². The summed E-state index contributed by atoms with van der Waals surface area (Å²) >= 11 is 0. The number of para-hydroxylation sites is 2. The van der Waals surface area contributed by atoms with Crippen LogP contribution in [0.25, 0.3) is 16.6 Å². The number of rotatable bonds is 5. The minimum absolute atomic E-state index is 0.289. The van der Waals surface area contributed by atoms with Crippen LogP contribution in [0.1, 0.15) is 12.1 Å². The van der Waals surface area contributed by atoms with Crippen LogP contribution in [0.4, 0.5) is 0 Å². The molecule has 0 fully saturated rings. The molecule has 0 amide bonds. The predicted octanol–water partition coefficient (Wildman–Crippen LogP) is 2.52. The first-order valence-electron chi connectivity index (χ1n) is 8.92. The van der Waals surface area contributed by atoms with Crippen LogP contribution in [0.2, 0.25) is 0 Å². The summed E-state index contributed by atoms with van der Waals surface area (Å²) in [6, 6.07) is 16.3. The van der Waals surface area contributed by atoms with E-state index in [1.54, 1.807) is 29.1 Å². The number of hydrogen-bond donors (Lipinski definition) is 0. The SMILES string of the molecule is Cn1cnc(CCCn2c(=O)n(-c3ccccc3)c(=O)c3ccccc32)c1. The van der Waals surface area contributed by atoms with E-state index in [0.29, 0.717) is 23.1 Å². The molecule has 0 N–H and O–H groups in total. The average Bonchev–Trinajstić information content (AvgIpc) is 3.10. The molecule has 0 unspecified atom stereocenters. The molecule has 6 nitrogen and oxygen atoms in total. The highest BCUT2D eigenvalue weighted by Crippen LogP contribution is 2.11. The van der Waals surface area contributed by atoms with E-state index < -0.39 is 0 Å². The molecule has 0 saturated heterocycles. The maximum absolute atomic E-state index is 13.2. The Morgan fingerprint density at radius 1 is 0.963 bits per heavy atom. The third-order valence-corrected chi connectivity index (χ3v) is 4.64. The van der Waals surface area contributed by atoms with Crippen LogP contribution in [0.5, 0.6) is 0 Å². The third-order valence-electron chi connectivity index (χ3n) is 4.64. The summed E-state index contributed by atoms with van der Waals surface area (Å²) in [4.78, 5) is 30.4. The summed E-state index contributed by atoms with van der Waals surface area (Å²) in [6.45, 7) is 0.517. The van der Waals surface area contributed by atoms with Crippen LogP contribution in [0.15, 0.2) is 76.7 Å². The minimum atomic E-state index is -0.314. The van der Waals surface area contributed by atoms with Crippen molar-refractivity contribution in [3.8, 4) is 5.69 Å². The van der Waals surface area contributed by atoms with Crippen molar-refractivity contribution in [3.63, 3.8) is 0 Å². The van der Waals surface area contributed by atoms with Gasteiger partial charge in [-0.3, -0.25) is 9.36 Å². The molecule has 4 rings (SSSR count). The van der Waals surface area contributed by atoms with E-state index in [1.165, 1.54) is 4.57 Å². The predicted molar refractivity (Wildman–Crippen MR) is 105 cm³/mol. The van der Waals surface area contributed by atoms with E-state index in [1.807, 2.05) is 54.2 Å². The lowest BCUT2D eigenvalue weighted by molar-refractivity contribution is 0.607. The van der Waals surface area contributed by atoms with Crippen LogP contribution >= 0.6 is 0 Å². The molecule has 0 spiro atoms. The summed E-state index contributed by atoms with van der Waals surface area (Å²) < 4.78 is 4.85. The molecule has 2 heterocycles. The number of hydrogen-bond acceptors (Lipinski definition) is 3. The van der Waals surface area contributed by atoms with Gasteiger partial charge in [-0.05, 0) is 37.1 Å². The Labute approximate surface area is 156 Å². The number of aromatic nitrogens is 4. The highest BCUT2D eigenvalue weighted by molar-refractivity contribution is 5.78. The fraction of sp³-hybridized carbons (Fsp3) is 0.190. The van der Waals surface area contributed by atoms with E-state index in [9.17, 15) is 9.59 Å². The Kier molecular flexibility index (Phi) is 4.46. The van der Waals surface area contributed by atoms with Gasteiger partial charge in [-0.25, -0.2) is 14.3 Å². The van der Waals surface area contributed by atoms with Crippen molar-refractivity contribution in [2.75, 3.05) is 0 Å². The van der Waals surface area contributed by atoms with Gasteiger partial charge in [-0.2, -0.15) is 0 Å².